The summed E-state index contributed by atoms with van der Waals surface area (Å²) in [7, 11) is 0. The van der Waals surface area contributed by atoms with Crippen LogP contribution in [0.1, 0.15) is 37.3 Å². The second-order valence-electron chi connectivity index (χ2n) is 4.41. The van der Waals surface area contributed by atoms with Crippen molar-refractivity contribution in [2.75, 3.05) is 0 Å². The third-order valence-corrected chi connectivity index (χ3v) is 3.98. The van der Waals surface area contributed by atoms with E-state index >= 15 is 0 Å². The normalized spacial score (nSPS) is 17.3. The number of benzene rings is 1. The number of rotatable bonds is 2. The fraction of sp³-hybridized carbons (Fsp3) is 0.385. The van der Waals surface area contributed by atoms with Gasteiger partial charge in [0.2, 0.25) is 0 Å². The van der Waals surface area contributed by atoms with Crippen LogP contribution in [0.2, 0.25) is 0 Å². The van der Waals surface area contributed by atoms with Gasteiger partial charge in [-0.25, -0.2) is 0 Å². The van der Waals surface area contributed by atoms with E-state index in [0.29, 0.717) is 5.92 Å². The maximum atomic E-state index is 2.38. The van der Waals surface area contributed by atoms with Gasteiger partial charge in [0, 0.05) is 0 Å². The summed E-state index contributed by atoms with van der Waals surface area (Å²) < 4.78 is 1.62. The van der Waals surface area contributed by atoms with Crippen molar-refractivity contribution in [3.8, 4) is 0 Å². The van der Waals surface area contributed by atoms with Gasteiger partial charge in [0.15, 0.2) is 0 Å². The Morgan fingerprint density at radius 1 is 1.19 bits per heavy atom. The zero-order valence-electron chi connectivity index (χ0n) is 9.50. The minimum atomic E-state index is 0. The summed E-state index contributed by atoms with van der Waals surface area (Å²) in [5, 5.41) is 0. The third-order valence-electron chi connectivity index (χ3n) is 2.76. The van der Waals surface area contributed by atoms with E-state index in [9.17, 15) is 0 Å². The summed E-state index contributed by atoms with van der Waals surface area (Å²) >= 11 is 1.58. The zero-order chi connectivity index (χ0) is 10.1. The summed E-state index contributed by atoms with van der Waals surface area (Å²) in [6.45, 7) is 4.62. The van der Waals surface area contributed by atoms with Gasteiger partial charge in [-0.1, -0.05) is 0 Å². The second kappa shape index (κ2) is 7.68. The monoisotopic (exact) mass is 515 g/mol. The molecule has 1 atom stereocenters. The quantitative estimate of drug-likeness (QED) is 0.390. The van der Waals surface area contributed by atoms with Crippen LogP contribution in [-0.2, 0) is 24.7 Å². The van der Waals surface area contributed by atoms with E-state index in [2.05, 4.69) is 44.2 Å². The van der Waals surface area contributed by atoms with Crippen molar-refractivity contribution in [3.63, 3.8) is 0 Å². The fourth-order valence-electron chi connectivity index (χ4n) is 2.12. The number of fused-ring (bicyclic) bond motifs is 1. The van der Waals surface area contributed by atoms with Crippen LogP contribution in [0.15, 0.2) is 27.5 Å². The Bertz CT molecular complexity index is 372. The Kier molecular flexibility index (Phi) is 8.30. The van der Waals surface area contributed by atoms with Gasteiger partial charge < -0.3 is 48.0 Å². The summed E-state index contributed by atoms with van der Waals surface area (Å²) in [6.07, 6.45) is 3.68. The molecule has 0 saturated carbocycles. The van der Waals surface area contributed by atoms with Gasteiger partial charge >= 0.3 is 102 Å². The van der Waals surface area contributed by atoms with Gasteiger partial charge in [-0.2, -0.15) is 0 Å². The molecule has 0 bridgehead atoms. The molecule has 0 amide bonds. The second-order valence-corrected chi connectivity index (χ2v) is 5.83. The molecule has 1 aromatic carbocycles. The van der Waals surface area contributed by atoms with Crippen molar-refractivity contribution in [2.24, 2.45) is 5.92 Å². The number of hydrogen-bond donors (Lipinski definition) is 0. The molecule has 0 aromatic heterocycles. The minimum absolute atomic E-state index is 0. The Morgan fingerprint density at radius 2 is 1.81 bits per heavy atom. The molecule has 2 rings (SSSR count). The van der Waals surface area contributed by atoms with Crippen molar-refractivity contribution >= 4 is 6.08 Å². The van der Waals surface area contributed by atoms with Crippen molar-refractivity contribution < 1.29 is 72.7 Å². The first-order valence-corrected chi connectivity index (χ1v) is 6.43. The van der Waals surface area contributed by atoms with Gasteiger partial charge in [-0.3, -0.25) is 0 Å². The standard InChI is InChI=1S/C13H15.2HI.Zr/c1-10(2)9-12-8-7-11-5-3-4-6-13(11)12;;;/h3-7,10,12H,9H2,1-2H3;2*1H;/q;;;+2/p-2. The molecule has 0 nitrogen and oxygen atoms in total. The Labute approximate surface area is 148 Å². The Balaban J connectivity index is 0.00000112. The average Bonchev–Trinajstić information content (AvgIpc) is 2.43. The molecule has 1 aliphatic rings. The SMILES string of the molecule is CC(C)CC1[C]([Zr+2])=Cc2ccccc21.[I-].[I-]. The molecule has 0 radical (unpaired) electrons. The van der Waals surface area contributed by atoms with E-state index in [1.165, 1.54) is 12.0 Å². The van der Waals surface area contributed by atoms with Crippen LogP contribution in [0.3, 0.4) is 0 Å². The van der Waals surface area contributed by atoms with Gasteiger partial charge in [-0.15, -0.1) is 0 Å². The van der Waals surface area contributed by atoms with Crippen LogP contribution in [0.4, 0.5) is 0 Å². The van der Waals surface area contributed by atoms with E-state index < -0.39 is 0 Å². The summed E-state index contributed by atoms with van der Waals surface area (Å²) in [5.41, 5.74) is 3.00. The molecular formula is C13H15I2Zr. The molecule has 0 spiro atoms. The average molecular weight is 516 g/mol. The number of allylic oxidation sites excluding steroid dienone is 1. The first-order valence-electron chi connectivity index (χ1n) is 5.20. The molecule has 0 fully saturated rings. The molecule has 16 heavy (non-hydrogen) atoms. The van der Waals surface area contributed by atoms with Crippen LogP contribution < -0.4 is 48.0 Å². The van der Waals surface area contributed by atoms with Crippen LogP contribution in [0.5, 0.6) is 0 Å². The topological polar surface area (TPSA) is 0 Å². The van der Waals surface area contributed by atoms with E-state index in [-0.39, 0.29) is 48.0 Å². The molecule has 1 aliphatic carbocycles. The fourth-order valence-corrected chi connectivity index (χ4v) is 3.17. The van der Waals surface area contributed by atoms with Crippen molar-refractivity contribution in [1.82, 2.24) is 0 Å². The van der Waals surface area contributed by atoms with Gasteiger partial charge in [0.25, 0.3) is 0 Å². The molecule has 3 heteroatoms. The van der Waals surface area contributed by atoms with E-state index in [0.717, 1.165) is 5.92 Å². The molecule has 1 aromatic rings. The Hall–Kier alpha value is 1.30. The van der Waals surface area contributed by atoms with Gasteiger partial charge in [-0.05, 0) is 0 Å². The van der Waals surface area contributed by atoms with Crippen LogP contribution in [0, 0.1) is 5.92 Å². The molecular weight excluding hydrogens is 501 g/mol. The molecule has 1 unspecified atom stereocenters. The zero-order valence-corrected chi connectivity index (χ0v) is 16.3. The summed E-state index contributed by atoms with van der Waals surface area (Å²) in [4.78, 5) is 0. The predicted octanol–water partition coefficient (Wildman–Crippen LogP) is -2.27. The van der Waals surface area contributed by atoms with Crippen LogP contribution in [-0.4, -0.2) is 0 Å². The molecule has 85 valence electrons. The maximum absolute atomic E-state index is 2.38. The smallest absolute Gasteiger partial charge is 1.00 e. The van der Waals surface area contributed by atoms with Crippen molar-refractivity contribution in [3.05, 3.63) is 38.7 Å². The van der Waals surface area contributed by atoms with E-state index in [4.69, 9.17) is 0 Å². The first kappa shape index (κ1) is 17.3. The van der Waals surface area contributed by atoms with Crippen LogP contribution in [0.25, 0.3) is 6.08 Å². The molecule has 0 aliphatic heterocycles. The van der Waals surface area contributed by atoms with Crippen LogP contribution >= 0.6 is 0 Å². The largest absolute Gasteiger partial charge is 1.00 e. The molecule has 0 heterocycles. The molecule has 0 saturated heterocycles. The van der Waals surface area contributed by atoms with Crippen molar-refractivity contribution in [1.29, 1.82) is 0 Å². The number of hydrogen-bond acceptors (Lipinski definition) is 0. The summed E-state index contributed by atoms with van der Waals surface area (Å²) in [5.74, 6) is 1.50. The van der Waals surface area contributed by atoms with Gasteiger partial charge in [0.05, 0.1) is 0 Å². The summed E-state index contributed by atoms with van der Waals surface area (Å²) in [6, 6.07) is 8.82. The number of halogens is 2. The minimum Gasteiger partial charge on any atom is -1.00 e. The third kappa shape index (κ3) is 3.91. The first-order chi connectivity index (χ1) is 6.68. The van der Waals surface area contributed by atoms with Crippen molar-refractivity contribution in [2.45, 2.75) is 26.2 Å². The van der Waals surface area contributed by atoms with Gasteiger partial charge in [0.1, 0.15) is 0 Å². The Morgan fingerprint density at radius 3 is 2.44 bits per heavy atom. The van der Waals surface area contributed by atoms with E-state index in [1.54, 1.807) is 33.6 Å². The van der Waals surface area contributed by atoms with E-state index in [1.807, 2.05) is 0 Å². The molecule has 0 N–H and O–H groups in total. The predicted molar refractivity (Wildman–Crippen MR) is 56.6 cm³/mol. The maximum Gasteiger partial charge on any atom is -1.00 e.